The van der Waals surface area contributed by atoms with Gasteiger partial charge in [-0.2, -0.15) is 0 Å². The van der Waals surface area contributed by atoms with Crippen LogP contribution in [0.25, 0.3) is 0 Å². The van der Waals surface area contributed by atoms with E-state index >= 15 is 0 Å². The van der Waals surface area contributed by atoms with Crippen LogP contribution in [0.2, 0.25) is 0 Å². The Morgan fingerprint density at radius 2 is 2.15 bits per heavy atom. The van der Waals surface area contributed by atoms with Crippen LogP contribution in [0.15, 0.2) is 11.1 Å². The van der Waals surface area contributed by atoms with Crippen molar-refractivity contribution in [1.82, 2.24) is 5.32 Å². The molecular formula is C12H23N. The lowest BCUT2D eigenvalue weighted by Gasteiger charge is -2.15. The van der Waals surface area contributed by atoms with E-state index in [2.05, 4.69) is 26.1 Å². The van der Waals surface area contributed by atoms with E-state index in [1.807, 2.05) is 0 Å². The molecule has 1 N–H and O–H groups in total. The SMILES string of the molecule is CCC(C)/C(C)=C1\CCCNCC1. The molecule has 0 aliphatic carbocycles. The minimum atomic E-state index is 0.785. The molecule has 0 amide bonds. The summed E-state index contributed by atoms with van der Waals surface area (Å²) >= 11 is 0. The maximum Gasteiger partial charge on any atom is -0.00115 e. The zero-order valence-corrected chi connectivity index (χ0v) is 9.32. The molecule has 1 aliphatic heterocycles. The van der Waals surface area contributed by atoms with E-state index in [0.717, 1.165) is 5.92 Å². The standard InChI is InChI=1S/C12H23N/c1-4-10(2)11(3)12-6-5-8-13-9-7-12/h10,13H,4-9H2,1-3H3/b12-11+. The van der Waals surface area contributed by atoms with E-state index < -0.39 is 0 Å². The molecule has 0 aromatic rings. The second-order valence-electron chi connectivity index (χ2n) is 4.20. The molecule has 0 bridgehead atoms. The Balaban J connectivity index is 2.63. The summed E-state index contributed by atoms with van der Waals surface area (Å²) in [6.07, 6.45) is 5.20. The average molecular weight is 181 g/mol. The monoisotopic (exact) mass is 181 g/mol. The summed E-state index contributed by atoms with van der Waals surface area (Å²) in [7, 11) is 0. The molecular weight excluding hydrogens is 158 g/mol. The fourth-order valence-corrected chi connectivity index (χ4v) is 1.97. The Labute approximate surface area is 82.6 Å². The van der Waals surface area contributed by atoms with Crippen LogP contribution in [0.1, 0.15) is 46.5 Å². The van der Waals surface area contributed by atoms with Crippen molar-refractivity contribution in [1.29, 1.82) is 0 Å². The first-order valence-corrected chi connectivity index (χ1v) is 5.65. The van der Waals surface area contributed by atoms with Crippen molar-refractivity contribution in [3.05, 3.63) is 11.1 Å². The van der Waals surface area contributed by atoms with Gasteiger partial charge >= 0.3 is 0 Å². The summed E-state index contributed by atoms with van der Waals surface area (Å²) < 4.78 is 0. The Morgan fingerprint density at radius 3 is 2.85 bits per heavy atom. The smallest absolute Gasteiger partial charge is 0.00115 e. The van der Waals surface area contributed by atoms with Gasteiger partial charge < -0.3 is 5.32 Å². The molecule has 0 radical (unpaired) electrons. The van der Waals surface area contributed by atoms with Crippen LogP contribution in [0.3, 0.4) is 0 Å². The van der Waals surface area contributed by atoms with Crippen molar-refractivity contribution in [2.75, 3.05) is 13.1 Å². The number of rotatable bonds is 2. The van der Waals surface area contributed by atoms with Gasteiger partial charge in [0.25, 0.3) is 0 Å². The molecule has 76 valence electrons. The quantitative estimate of drug-likeness (QED) is 0.645. The van der Waals surface area contributed by atoms with Gasteiger partial charge in [0, 0.05) is 0 Å². The van der Waals surface area contributed by atoms with E-state index in [1.54, 1.807) is 11.1 Å². The third kappa shape index (κ3) is 3.15. The molecule has 0 saturated carbocycles. The fraction of sp³-hybridized carbons (Fsp3) is 0.833. The van der Waals surface area contributed by atoms with Gasteiger partial charge in [-0.25, -0.2) is 0 Å². The number of nitrogens with one attached hydrogen (secondary N) is 1. The molecule has 0 aromatic carbocycles. The van der Waals surface area contributed by atoms with Gasteiger partial charge in [0.2, 0.25) is 0 Å². The van der Waals surface area contributed by atoms with Gasteiger partial charge in [-0.3, -0.25) is 0 Å². The number of hydrogen-bond donors (Lipinski definition) is 1. The van der Waals surface area contributed by atoms with Gasteiger partial charge in [0.15, 0.2) is 0 Å². The van der Waals surface area contributed by atoms with Crippen molar-refractivity contribution in [3.63, 3.8) is 0 Å². The molecule has 1 rings (SSSR count). The van der Waals surface area contributed by atoms with Crippen LogP contribution >= 0.6 is 0 Å². The Hall–Kier alpha value is -0.300. The lowest BCUT2D eigenvalue weighted by Crippen LogP contribution is -2.13. The molecule has 1 nitrogen and oxygen atoms in total. The summed E-state index contributed by atoms with van der Waals surface area (Å²) in [6, 6.07) is 0. The van der Waals surface area contributed by atoms with E-state index in [9.17, 15) is 0 Å². The molecule has 0 aromatic heterocycles. The predicted molar refractivity (Wildman–Crippen MR) is 58.9 cm³/mol. The molecule has 13 heavy (non-hydrogen) atoms. The highest BCUT2D eigenvalue weighted by Gasteiger charge is 2.10. The van der Waals surface area contributed by atoms with Crippen molar-refractivity contribution in [2.45, 2.75) is 46.5 Å². The molecule has 1 aliphatic rings. The summed E-state index contributed by atoms with van der Waals surface area (Å²) in [5, 5.41) is 3.45. The van der Waals surface area contributed by atoms with Crippen LogP contribution in [0, 0.1) is 5.92 Å². The normalized spacial score (nSPS) is 25.2. The lowest BCUT2D eigenvalue weighted by molar-refractivity contribution is 0.636. The Bertz CT molecular complexity index is 172. The van der Waals surface area contributed by atoms with E-state index in [-0.39, 0.29) is 0 Å². The highest BCUT2D eigenvalue weighted by Crippen LogP contribution is 2.24. The first-order chi connectivity index (χ1) is 6.25. The zero-order valence-electron chi connectivity index (χ0n) is 9.32. The average Bonchev–Trinajstić information content (AvgIpc) is 2.43. The second kappa shape index (κ2) is 5.43. The predicted octanol–water partition coefficient (Wildman–Crippen LogP) is 3.12. The summed E-state index contributed by atoms with van der Waals surface area (Å²) in [5.41, 5.74) is 3.38. The molecule has 0 spiro atoms. The first-order valence-electron chi connectivity index (χ1n) is 5.65. The van der Waals surface area contributed by atoms with Crippen molar-refractivity contribution in [2.24, 2.45) is 5.92 Å². The number of hydrogen-bond acceptors (Lipinski definition) is 1. The molecule has 1 unspecified atom stereocenters. The molecule has 1 saturated heterocycles. The largest absolute Gasteiger partial charge is 0.316 e. The second-order valence-corrected chi connectivity index (χ2v) is 4.20. The van der Waals surface area contributed by atoms with Crippen LogP contribution in [0.5, 0.6) is 0 Å². The molecule has 1 atom stereocenters. The summed E-state index contributed by atoms with van der Waals surface area (Å²) in [6.45, 7) is 9.35. The highest BCUT2D eigenvalue weighted by atomic mass is 14.8. The summed E-state index contributed by atoms with van der Waals surface area (Å²) in [4.78, 5) is 0. The van der Waals surface area contributed by atoms with Crippen molar-refractivity contribution >= 4 is 0 Å². The minimum Gasteiger partial charge on any atom is -0.316 e. The Morgan fingerprint density at radius 1 is 1.38 bits per heavy atom. The van der Waals surface area contributed by atoms with Gasteiger partial charge in [-0.1, -0.05) is 25.0 Å². The van der Waals surface area contributed by atoms with E-state index in [0.29, 0.717) is 0 Å². The van der Waals surface area contributed by atoms with Crippen molar-refractivity contribution in [3.8, 4) is 0 Å². The van der Waals surface area contributed by atoms with Gasteiger partial charge in [0.05, 0.1) is 0 Å². The highest BCUT2D eigenvalue weighted by molar-refractivity contribution is 5.15. The third-order valence-electron chi connectivity index (χ3n) is 3.34. The van der Waals surface area contributed by atoms with Crippen LogP contribution in [-0.2, 0) is 0 Å². The lowest BCUT2D eigenvalue weighted by atomic mass is 9.91. The van der Waals surface area contributed by atoms with Crippen LogP contribution < -0.4 is 5.32 Å². The van der Waals surface area contributed by atoms with Gasteiger partial charge in [-0.15, -0.1) is 0 Å². The molecule has 1 fully saturated rings. The fourth-order valence-electron chi connectivity index (χ4n) is 1.97. The zero-order chi connectivity index (χ0) is 9.68. The maximum absolute atomic E-state index is 3.45. The van der Waals surface area contributed by atoms with Crippen LogP contribution in [-0.4, -0.2) is 13.1 Å². The minimum absolute atomic E-state index is 0.785. The first kappa shape index (κ1) is 10.8. The van der Waals surface area contributed by atoms with E-state index in [1.165, 1.54) is 38.8 Å². The van der Waals surface area contributed by atoms with Gasteiger partial charge in [-0.05, 0) is 51.6 Å². The third-order valence-corrected chi connectivity index (χ3v) is 3.34. The topological polar surface area (TPSA) is 12.0 Å². The Kier molecular flexibility index (Phi) is 4.51. The maximum atomic E-state index is 3.45. The molecule has 1 heteroatoms. The number of allylic oxidation sites excluding steroid dienone is 1. The van der Waals surface area contributed by atoms with Crippen LogP contribution in [0.4, 0.5) is 0 Å². The van der Waals surface area contributed by atoms with E-state index in [4.69, 9.17) is 0 Å². The molecule has 1 heterocycles. The van der Waals surface area contributed by atoms with Crippen molar-refractivity contribution < 1.29 is 0 Å². The van der Waals surface area contributed by atoms with Gasteiger partial charge in [0.1, 0.15) is 0 Å². The summed E-state index contributed by atoms with van der Waals surface area (Å²) in [5.74, 6) is 0.785.